The van der Waals surface area contributed by atoms with Crippen molar-refractivity contribution in [3.63, 3.8) is 0 Å². The molecule has 47 heavy (non-hydrogen) atoms. The highest BCUT2D eigenvalue weighted by atomic mass is 16.5. The number of nitrogens with zero attached hydrogens (tertiary/aromatic N) is 1. The summed E-state index contributed by atoms with van der Waals surface area (Å²) in [5.74, 6) is 0.725. The van der Waals surface area contributed by atoms with Crippen molar-refractivity contribution in [2.45, 2.75) is 109 Å². The molecule has 2 aliphatic rings. The van der Waals surface area contributed by atoms with Crippen molar-refractivity contribution >= 4 is 17.8 Å². The molecule has 0 radical (unpaired) electrons. The number of benzene rings is 2. The molecule has 2 fully saturated rings. The summed E-state index contributed by atoms with van der Waals surface area (Å²) in [5, 5.41) is 18.0. The van der Waals surface area contributed by atoms with Gasteiger partial charge in [-0.25, -0.2) is 0 Å². The van der Waals surface area contributed by atoms with Crippen LogP contribution in [0.2, 0.25) is 0 Å². The van der Waals surface area contributed by atoms with Crippen LogP contribution in [0, 0.1) is 17.8 Å². The number of β-amino-alcohol motifs (C(OH)–C–C–N with tert-alkyl or cyclic N) is 1. The van der Waals surface area contributed by atoms with Gasteiger partial charge in [0.1, 0.15) is 12.4 Å². The van der Waals surface area contributed by atoms with Crippen molar-refractivity contribution in [3.05, 3.63) is 65.7 Å². The smallest absolute Gasteiger partial charge is 0.306 e. The molecule has 9 nitrogen and oxygen atoms in total. The topological polar surface area (TPSA) is 117 Å². The van der Waals surface area contributed by atoms with Gasteiger partial charge in [-0.2, -0.15) is 0 Å². The maximum Gasteiger partial charge on any atom is 0.306 e. The molecule has 3 N–H and O–H groups in total. The third-order valence-electron chi connectivity index (χ3n) is 9.60. The molecule has 2 amide bonds. The number of ether oxygens (including phenoxy) is 2. The highest BCUT2D eigenvalue weighted by Crippen LogP contribution is 2.39. The number of carbonyl (C=O) groups excluding carboxylic acids is 3. The molecule has 1 saturated heterocycles. The minimum Gasteiger partial charge on any atom is -0.497 e. The van der Waals surface area contributed by atoms with Gasteiger partial charge in [-0.3, -0.25) is 19.3 Å². The summed E-state index contributed by atoms with van der Waals surface area (Å²) in [6.07, 6.45) is 5.49. The third-order valence-corrected chi connectivity index (χ3v) is 9.60. The van der Waals surface area contributed by atoms with E-state index in [1.54, 1.807) is 14.0 Å². The summed E-state index contributed by atoms with van der Waals surface area (Å²) in [6, 6.07) is 16.2. The zero-order valence-electron chi connectivity index (χ0n) is 28.9. The summed E-state index contributed by atoms with van der Waals surface area (Å²) < 4.78 is 10.6. The number of carbonyl (C=O) groups is 3. The third kappa shape index (κ3) is 11.4. The second-order valence-electron chi connectivity index (χ2n) is 14.6. The Balaban J connectivity index is 1.38. The molecule has 1 heterocycles. The Bertz CT molecular complexity index is 1290. The lowest BCUT2D eigenvalue weighted by Gasteiger charge is -2.47. The van der Waals surface area contributed by atoms with Gasteiger partial charge in [-0.1, -0.05) is 68.7 Å². The number of hydrogen-bond acceptors (Lipinski definition) is 7. The molecule has 9 heteroatoms. The first-order chi connectivity index (χ1) is 22.4. The van der Waals surface area contributed by atoms with E-state index in [1.807, 2.05) is 75.4 Å². The Morgan fingerprint density at radius 2 is 1.66 bits per heavy atom. The van der Waals surface area contributed by atoms with Crippen molar-refractivity contribution in [2.24, 2.45) is 17.8 Å². The van der Waals surface area contributed by atoms with Gasteiger partial charge in [-0.05, 0) is 81.5 Å². The van der Waals surface area contributed by atoms with E-state index in [0.29, 0.717) is 24.7 Å². The zero-order valence-corrected chi connectivity index (χ0v) is 28.9. The SMILES string of the molecule is COc1ccc(COC(=O)CCC(C)C(=O)N[C@@H](Cc2ccccc2)C(O)CN2CC3CCCCC3C[C@H]2C(=O)NC(C)(C)C)cc1. The van der Waals surface area contributed by atoms with Crippen molar-refractivity contribution in [3.8, 4) is 5.75 Å². The Morgan fingerprint density at radius 1 is 0.979 bits per heavy atom. The van der Waals surface area contributed by atoms with E-state index in [1.165, 1.54) is 12.8 Å². The number of nitrogens with one attached hydrogen (secondary N) is 2. The molecule has 2 aromatic rings. The van der Waals surface area contributed by atoms with Gasteiger partial charge in [0.2, 0.25) is 11.8 Å². The van der Waals surface area contributed by atoms with Crippen LogP contribution < -0.4 is 15.4 Å². The number of hydrogen-bond donors (Lipinski definition) is 3. The standard InChI is InChI=1S/C38H55N3O6/c1-26(15-20-35(43)47-25-28-16-18-31(46-5)19-17-28)36(44)39-32(21-27-11-7-6-8-12-27)34(42)24-41-23-30-14-10-9-13-29(30)22-33(41)37(45)40-38(2,3)4/h6-8,11-12,16-19,26,29-30,32-34,42H,9-10,13-15,20-25H2,1-5H3,(H,39,44)(H,40,45)/t26?,29?,30?,32-,33-,34?/m0/s1. The Hall–Kier alpha value is -3.43. The van der Waals surface area contributed by atoms with Crippen LogP contribution in [0.15, 0.2) is 54.6 Å². The fourth-order valence-electron chi connectivity index (χ4n) is 6.89. The van der Waals surface area contributed by atoms with Crippen LogP contribution in [0.1, 0.15) is 83.8 Å². The van der Waals surface area contributed by atoms with Crippen LogP contribution in [-0.4, -0.2) is 71.7 Å². The molecular formula is C38H55N3O6. The zero-order chi connectivity index (χ0) is 34.0. The molecule has 2 aromatic carbocycles. The van der Waals surface area contributed by atoms with Crippen LogP contribution in [0.25, 0.3) is 0 Å². The van der Waals surface area contributed by atoms with E-state index in [-0.39, 0.29) is 48.9 Å². The molecule has 0 aromatic heterocycles. The number of rotatable bonds is 14. The fraction of sp³-hybridized carbons (Fsp3) is 0.605. The van der Waals surface area contributed by atoms with Crippen molar-refractivity contribution in [1.29, 1.82) is 0 Å². The molecular weight excluding hydrogens is 594 g/mol. The molecule has 6 atom stereocenters. The highest BCUT2D eigenvalue weighted by molar-refractivity contribution is 5.82. The van der Waals surface area contributed by atoms with Crippen LogP contribution in [0.5, 0.6) is 5.75 Å². The van der Waals surface area contributed by atoms with E-state index in [4.69, 9.17) is 9.47 Å². The molecule has 258 valence electrons. The maximum atomic E-state index is 13.5. The Labute approximate surface area is 280 Å². The summed E-state index contributed by atoms with van der Waals surface area (Å²) in [6.45, 7) is 8.97. The predicted molar refractivity (Wildman–Crippen MR) is 183 cm³/mol. The quantitative estimate of drug-likeness (QED) is 0.246. The number of piperidine rings is 1. The van der Waals surface area contributed by atoms with Gasteiger partial charge in [0, 0.05) is 31.0 Å². The second-order valence-corrected chi connectivity index (χ2v) is 14.6. The van der Waals surface area contributed by atoms with E-state index in [9.17, 15) is 19.5 Å². The van der Waals surface area contributed by atoms with E-state index < -0.39 is 18.1 Å². The van der Waals surface area contributed by atoms with E-state index in [2.05, 4.69) is 15.5 Å². The van der Waals surface area contributed by atoms with Gasteiger partial charge in [0.05, 0.1) is 25.3 Å². The molecule has 0 spiro atoms. The van der Waals surface area contributed by atoms with Crippen LogP contribution in [-0.2, 0) is 32.1 Å². The number of methoxy groups -OCH3 is 1. The van der Waals surface area contributed by atoms with Gasteiger partial charge in [-0.15, -0.1) is 0 Å². The monoisotopic (exact) mass is 649 g/mol. The lowest BCUT2D eigenvalue weighted by atomic mass is 9.72. The number of esters is 1. The average Bonchev–Trinajstić information content (AvgIpc) is 3.05. The summed E-state index contributed by atoms with van der Waals surface area (Å²) in [7, 11) is 1.60. The summed E-state index contributed by atoms with van der Waals surface area (Å²) in [4.78, 5) is 41.6. The highest BCUT2D eigenvalue weighted by Gasteiger charge is 2.41. The molecule has 4 rings (SSSR count). The number of aliphatic hydroxyl groups excluding tert-OH is 1. The molecule has 4 unspecified atom stereocenters. The summed E-state index contributed by atoms with van der Waals surface area (Å²) in [5.41, 5.74) is 1.50. The van der Waals surface area contributed by atoms with Crippen molar-refractivity contribution in [2.75, 3.05) is 20.2 Å². The summed E-state index contributed by atoms with van der Waals surface area (Å²) >= 11 is 0. The number of fused-ring (bicyclic) bond motifs is 1. The van der Waals surface area contributed by atoms with Crippen LogP contribution >= 0.6 is 0 Å². The van der Waals surface area contributed by atoms with Crippen molar-refractivity contribution < 1.29 is 29.0 Å². The van der Waals surface area contributed by atoms with E-state index in [0.717, 1.165) is 42.7 Å². The fourth-order valence-corrected chi connectivity index (χ4v) is 6.89. The number of likely N-dealkylation sites (tertiary alicyclic amines) is 1. The van der Waals surface area contributed by atoms with Gasteiger partial charge >= 0.3 is 5.97 Å². The van der Waals surface area contributed by atoms with Crippen LogP contribution in [0.4, 0.5) is 0 Å². The van der Waals surface area contributed by atoms with Crippen LogP contribution in [0.3, 0.4) is 0 Å². The Kier molecular flexibility index (Phi) is 13.3. The predicted octanol–water partition coefficient (Wildman–Crippen LogP) is 5.04. The Morgan fingerprint density at radius 3 is 2.32 bits per heavy atom. The minimum absolute atomic E-state index is 0.00451. The lowest BCUT2D eigenvalue weighted by molar-refractivity contribution is -0.145. The van der Waals surface area contributed by atoms with Gasteiger partial charge < -0.3 is 25.2 Å². The molecule has 1 aliphatic heterocycles. The molecule has 1 aliphatic carbocycles. The first kappa shape index (κ1) is 36.4. The molecule has 1 saturated carbocycles. The minimum atomic E-state index is -0.897. The van der Waals surface area contributed by atoms with Gasteiger partial charge in [0.25, 0.3) is 0 Å². The number of aliphatic hydroxyl groups is 1. The molecule has 0 bridgehead atoms. The average molecular weight is 650 g/mol. The normalized spacial score (nSPS) is 21.9. The number of amides is 2. The first-order valence-corrected chi connectivity index (χ1v) is 17.3. The van der Waals surface area contributed by atoms with Crippen molar-refractivity contribution in [1.82, 2.24) is 15.5 Å². The van der Waals surface area contributed by atoms with E-state index >= 15 is 0 Å². The lowest BCUT2D eigenvalue weighted by Crippen LogP contribution is -2.60. The maximum absolute atomic E-state index is 13.5. The van der Waals surface area contributed by atoms with Gasteiger partial charge in [0.15, 0.2) is 0 Å². The first-order valence-electron chi connectivity index (χ1n) is 17.3. The largest absolute Gasteiger partial charge is 0.497 e. The second kappa shape index (κ2) is 17.1.